The number of aromatic nitrogens is 1. The number of likely N-dealkylation sites (N-methyl/N-ethyl adjacent to an activating group) is 1. The number of hydrogen-bond acceptors (Lipinski definition) is 7. The van der Waals surface area contributed by atoms with Crippen LogP contribution in [0.2, 0.25) is 0 Å². The van der Waals surface area contributed by atoms with Gasteiger partial charge in [0, 0.05) is 48.4 Å². The molecule has 1 aliphatic rings. The summed E-state index contributed by atoms with van der Waals surface area (Å²) in [5.41, 5.74) is 3.57. The molecule has 3 aromatic carbocycles. The molecule has 0 spiro atoms. The summed E-state index contributed by atoms with van der Waals surface area (Å²) in [5.74, 6) is -0.356. The van der Waals surface area contributed by atoms with E-state index in [1.807, 2.05) is 53.9 Å². The number of hydrogen-bond donors (Lipinski definition) is 2. The van der Waals surface area contributed by atoms with Crippen molar-refractivity contribution in [1.82, 2.24) is 9.88 Å². The number of nitrogens with one attached hydrogen (secondary N) is 2. The summed E-state index contributed by atoms with van der Waals surface area (Å²) in [4.78, 5) is 21.8. The largest absolute Gasteiger partial charge is 0.369 e. The number of carbonyl (C=O) groups is 1. The Hall–Kier alpha value is -3.73. The number of anilines is 3. The normalized spacial score (nSPS) is 14.4. The molecule has 2 heterocycles. The number of sulfonamides is 1. The second-order valence-corrected chi connectivity index (χ2v) is 11.4. The number of thiazole rings is 1. The van der Waals surface area contributed by atoms with Crippen LogP contribution in [-0.4, -0.2) is 57.4 Å². The van der Waals surface area contributed by atoms with E-state index in [1.54, 1.807) is 6.07 Å². The van der Waals surface area contributed by atoms with Crippen LogP contribution in [0.3, 0.4) is 0 Å². The van der Waals surface area contributed by atoms with Crippen LogP contribution in [0.15, 0.2) is 89.1 Å². The monoisotopic (exact) mass is 533 g/mol. The van der Waals surface area contributed by atoms with Crippen LogP contribution < -0.4 is 14.9 Å². The van der Waals surface area contributed by atoms with Crippen LogP contribution in [0.4, 0.5) is 16.5 Å². The van der Waals surface area contributed by atoms with Crippen molar-refractivity contribution in [3.63, 3.8) is 0 Å². The summed E-state index contributed by atoms with van der Waals surface area (Å²) >= 11 is 1.33. The Morgan fingerprint density at radius 1 is 0.919 bits per heavy atom. The molecule has 1 amide bonds. The van der Waals surface area contributed by atoms with Crippen molar-refractivity contribution in [2.75, 3.05) is 48.2 Å². The number of piperazine rings is 1. The van der Waals surface area contributed by atoms with Gasteiger partial charge in [-0.3, -0.25) is 14.8 Å². The first-order valence-electron chi connectivity index (χ1n) is 11.9. The van der Waals surface area contributed by atoms with Gasteiger partial charge in [-0.1, -0.05) is 36.4 Å². The number of carbonyl (C=O) groups excluding carboxylic acids is 1. The highest BCUT2D eigenvalue weighted by Crippen LogP contribution is 2.26. The third kappa shape index (κ3) is 5.99. The molecular weight excluding hydrogens is 506 g/mol. The number of amides is 1. The van der Waals surface area contributed by atoms with Gasteiger partial charge in [-0.05, 0) is 49.5 Å². The number of rotatable bonds is 7. The second-order valence-electron chi connectivity index (χ2n) is 8.83. The fourth-order valence-electron chi connectivity index (χ4n) is 4.07. The van der Waals surface area contributed by atoms with Crippen LogP contribution in [0.25, 0.3) is 11.3 Å². The zero-order valence-electron chi connectivity index (χ0n) is 20.3. The molecule has 8 nitrogen and oxygen atoms in total. The molecule has 190 valence electrons. The predicted octanol–water partition coefficient (Wildman–Crippen LogP) is 4.62. The Morgan fingerprint density at radius 3 is 2.38 bits per heavy atom. The molecule has 0 radical (unpaired) electrons. The molecular formula is C27H27N5O3S2. The maximum Gasteiger partial charge on any atom is 0.261 e. The van der Waals surface area contributed by atoms with Gasteiger partial charge in [0.05, 0.1) is 16.3 Å². The van der Waals surface area contributed by atoms with Crippen LogP contribution >= 0.6 is 11.3 Å². The van der Waals surface area contributed by atoms with E-state index in [4.69, 9.17) is 0 Å². The average Bonchev–Trinajstić information content (AvgIpc) is 3.38. The lowest BCUT2D eigenvalue weighted by Crippen LogP contribution is -2.44. The number of nitrogens with zero attached hydrogens (tertiary/aromatic N) is 3. The van der Waals surface area contributed by atoms with E-state index in [0.29, 0.717) is 16.4 Å². The predicted molar refractivity (Wildman–Crippen MR) is 149 cm³/mol. The third-order valence-electron chi connectivity index (χ3n) is 6.19. The van der Waals surface area contributed by atoms with E-state index < -0.39 is 10.0 Å². The van der Waals surface area contributed by atoms with Crippen molar-refractivity contribution >= 4 is 43.8 Å². The van der Waals surface area contributed by atoms with Crippen molar-refractivity contribution in [1.29, 1.82) is 0 Å². The Labute approximate surface area is 220 Å². The van der Waals surface area contributed by atoms with Crippen LogP contribution in [0.1, 0.15) is 10.4 Å². The zero-order chi connectivity index (χ0) is 25.8. The fraction of sp³-hybridized carbons (Fsp3) is 0.185. The molecule has 1 aromatic heterocycles. The van der Waals surface area contributed by atoms with Gasteiger partial charge in [0.2, 0.25) is 0 Å². The van der Waals surface area contributed by atoms with E-state index in [2.05, 4.69) is 31.9 Å². The van der Waals surface area contributed by atoms with Crippen molar-refractivity contribution in [3.8, 4) is 11.3 Å². The molecule has 2 N–H and O–H groups in total. The van der Waals surface area contributed by atoms with E-state index >= 15 is 0 Å². The minimum absolute atomic E-state index is 0.0784. The molecule has 0 unspecified atom stereocenters. The lowest BCUT2D eigenvalue weighted by molar-refractivity contribution is 0.102. The van der Waals surface area contributed by atoms with Crippen LogP contribution in [-0.2, 0) is 10.0 Å². The maximum absolute atomic E-state index is 13.0. The SMILES string of the molecule is CN1CCN(c2cccc(NS(=O)(=O)c3ccc(C(=O)Nc4nc(-c5ccccc5)cs4)cc3)c2)CC1. The van der Waals surface area contributed by atoms with E-state index in [1.165, 1.54) is 35.6 Å². The molecule has 0 atom stereocenters. The van der Waals surface area contributed by atoms with Gasteiger partial charge < -0.3 is 9.80 Å². The van der Waals surface area contributed by atoms with Crippen LogP contribution in [0, 0.1) is 0 Å². The summed E-state index contributed by atoms with van der Waals surface area (Å²) in [6.45, 7) is 3.72. The van der Waals surface area contributed by atoms with E-state index in [0.717, 1.165) is 43.1 Å². The zero-order valence-corrected chi connectivity index (χ0v) is 21.9. The fourth-order valence-corrected chi connectivity index (χ4v) is 5.84. The van der Waals surface area contributed by atoms with Gasteiger partial charge in [0.15, 0.2) is 5.13 Å². The highest BCUT2D eigenvalue weighted by Gasteiger charge is 2.18. The summed E-state index contributed by atoms with van der Waals surface area (Å²) in [5, 5.41) is 5.14. The van der Waals surface area contributed by atoms with Crippen LogP contribution in [0.5, 0.6) is 0 Å². The smallest absolute Gasteiger partial charge is 0.261 e. The molecule has 5 rings (SSSR count). The lowest BCUT2D eigenvalue weighted by atomic mass is 10.2. The summed E-state index contributed by atoms with van der Waals surface area (Å²) < 4.78 is 28.7. The van der Waals surface area contributed by atoms with Crippen molar-refractivity contribution in [2.24, 2.45) is 0 Å². The van der Waals surface area contributed by atoms with Gasteiger partial charge in [-0.15, -0.1) is 11.3 Å². The minimum atomic E-state index is -3.82. The first kappa shape index (κ1) is 24.9. The third-order valence-corrected chi connectivity index (χ3v) is 8.34. The van der Waals surface area contributed by atoms with Crippen molar-refractivity contribution in [2.45, 2.75) is 4.90 Å². The summed E-state index contributed by atoms with van der Waals surface area (Å²) in [6, 6.07) is 23.0. The molecule has 0 aliphatic carbocycles. The quantitative estimate of drug-likeness (QED) is 0.360. The lowest BCUT2D eigenvalue weighted by Gasteiger charge is -2.34. The molecule has 37 heavy (non-hydrogen) atoms. The molecule has 10 heteroatoms. The standard InChI is InChI=1S/C27H27N5O3S2/c1-31-14-16-32(17-15-31)23-9-5-8-22(18-23)30-37(34,35)24-12-10-21(11-13-24)26(33)29-27-28-25(19-36-27)20-6-3-2-4-7-20/h2-13,18-19,30H,14-17H2,1H3,(H,28,29,33). The Bertz CT molecular complexity index is 1480. The first-order valence-corrected chi connectivity index (χ1v) is 14.2. The summed E-state index contributed by atoms with van der Waals surface area (Å²) in [6.07, 6.45) is 0. The minimum Gasteiger partial charge on any atom is -0.369 e. The van der Waals surface area contributed by atoms with Gasteiger partial charge in [-0.2, -0.15) is 0 Å². The van der Waals surface area contributed by atoms with Gasteiger partial charge in [0.25, 0.3) is 15.9 Å². The molecule has 1 fully saturated rings. The Morgan fingerprint density at radius 2 is 1.65 bits per heavy atom. The topological polar surface area (TPSA) is 94.6 Å². The second kappa shape index (κ2) is 10.7. The van der Waals surface area contributed by atoms with Gasteiger partial charge >= 0.3 is 0 Å². The average molecular weight is 534 g/mol. The molecule has 4 aromatic rings. The Balaban J connectivity index is 1.24. The first-order chi connectivity index (χ1) is 17.9. The van der Waals surface area contributed by atoms with Gasteiger partial charge in [-0.25, -0.2) is 13.4 Å². The molecule has 1 aliphatic heterocycles. The molecule has 0 saturated carbocycles. The van der Waals surface area contributed by atoms with Crippen molar-refractivity contribution < 1.29 is 13.2 Å². The maximum atomic E-state index is 13.0. The van der Waals surface area contributed by atoms with Crippen molar-refractivity contribution in [3.05, 3.63) is 89.8 Å². The molecule has 0 bridgehead atoms. The highest BCUT2D eigenvalue weighted by molar-refractivity contribution is 7.92. The molecule has 1 saturated heterocycles. The number of benzene rings is 3. The van der Waals surface area contributed by atoms with E-state index in [9.17, 15) is 13.2 Å². The van der Waals surface area contributed by atoms with Gasteiger partial charge in [0.1, 0.15) is 0 Å². The van der Waals surface area contributed by atoms with E-state index in [-0.39, 0.29) is 10.8 Å². The summed E-state index contributed by atoms with van der Waals surface area (Å²) in [7, 11) is -1.72. The highest BCUT2D eigenvalue weighted by atomic mass is 32.2. The Kier molecular flexibility index (Phi) is 7.22.